The van der Waals surface area contributed by atoms with Crippen LogP contribution in [0.3, 0.4) is 0 Å². The third-order valence-corrected chi connectivity index (χ3v) is 3.60. The minimum absolute atomic E-state index is 0.116. The first-order valence-corrected chi connectivity index (χ1v) is 7.34. The molecule has 0 fully saturated rings. The number of hydrogen-bond donors (Lipinski definition) is 0. The van der Waals surface area contributed by atoms with Crippen LogP contribution in [0.25, 0.3) is 0 Å². The smallest absolute Gasteiger partial charge is 0.339 e. The fourth-order valence-corrected chi connectivity index (χ4v) is 2.29. The van der Waals surface area contributed by atoms with Crippen LogP contribution in [-0.2, 0) is 4.74 Å². The van der Waals surface area contributed by atoms with Gasteiger partial charge >= 0.3 is 5.97 Å². The summed E-state index contributed by atoms with van der Waals surface area (Å²) in [6, 6.07) is 3.03. The zero-order valence-electron chi connectivity index (χ0n) is 12.0. The van der Waals surface area contributed by atoms with Crippen molar-refractivity contribution in [2.45, 2.75) is 25.9 Å². The molecule has 1 heterocycles. The molecule has 1 aromatic rings. The lowest BCUT2D eigenvalue weighted by atomic mass is 10.1. The summed E-state index contributed by atoms with van der Waals surface area (Å²) in [4.78, 5) is 11.8. The molecule has 1 aliphatic rings. The summed E-state index contributed by atoms with van der Waals surface area (Å²) in [6.45, 7) is 3.97. The first-order valence-electron chi connectivity index (χ1n) is 6.59. The van der Waals surface area contributed by atoms with Crippen LogP contribution in [-0.4, -0.2) is 24.8 Å². The van der Waals surface area contributed by atoms with E-state index in [1.54, 1.807) is 13.8 Å². The Morgan fingerprint density at radius 2 is 1.95 bits per heavy atom. The van der Waals surface area contributed by atoms with Gasteiger partial charge in [-0.3, -0.25) is 0 Å². The van der Waals surface area contributed by atoms with Crippen molar-refractivity contribution in [1.82, 2.24) is 0 Å². The minimum atomic E-state index is -0.738. The number of hydrogen-bond acceptors (Lipinski definition) is 7. The Balaban J connectivity index is 2.09. The lowest BCUT2D eigenvalue weighted by Gasteiger charge is -2.16. The summed E-state index contributed by atoms with van der Waals surface area (Å²) in [5.74, 6) is -0.302. The predicted molar refractivity (Wildman–Crippen MR) is 80.6 cm³/mol. The predicted octanol–water partition coefficient (Wildman–Crippen LogP) is 4.49. The van der Waals surface area contributed by atoms with E-state index in [2.05, 4.69) is 20.7 Å². The zero-order chi connectivity index (χ0) is 16.2. The van der Waals surface area contributed by atoms with Gasteiger partial charge in [0.1, 0.15) is 0 Å². The first kappa shape index (κ1) is 16.6. The maximum Gasteiger partial charge on any atom is 0.339 e. The van der Waals surface area contributed by atoms with Crippen LogP contribution in [0.1, 0.15) is 30.6 Å². The Labute approximate surface area is 137 Å². The molecule has 0 aromatic heterocycles. The molecule has 0 atom stereocenters. The maximum absolute atomic E-state index is 11.8. The first-order chi connectivity index (χ1) is 10.5. The lowest BCUT2D eigenvalue weighted by molar-refractivity contribution is 0.0526. The largest absolute Gasteiger partial charge is 0.490 e. The SMILES string of the molecule is CCOC(=O)c1ccc(Cl)c(OCCC2(C)N=NN=N2)c1Cl. The van der Waals surface area contributed by atoms with Gasteiger partial charge in [0, 0.05) is 6.42 Å². The van der Waals surface area contributed by atoms with Gasteiger partial charge in [-0.15, -0.1) is 10.2 Å². The molecule has 2 rings (SSSR count). The number of nitrogens with zero attached hydrogens (tertiary/aromatic N) is 4. The van der Waals surface area contributed by atoms with E-state index in [1.807, 2.05) is 0 Å². The molecular weight excluding hydrogens is 331 g/mol. The molecule has 0 radical (unpaired) electrons. The summed E-state index contributed by atoms with van der Waals surface area (Å²) >= 11 is 12.2. The molecule has 0 unspecified atom stereocenters. The van der Waals surface area contributed by atoms with Crippen LogP contribution >= 0.6 is 23.2 Å². The Hall–Kier alpha value is -1.73. The zero-order valence-corrected chi connectivity index (χ0v) is 13.6. The average Bonchev–Trinajstić information content (AvgIpc) is 2.90. The van der Waals surface area contributed by atoms with Crippen LogP contribution in [0.4, 0.5) is 0 Å². The molecule has 1 aromatic carbocycles. The second-order valence-electron chi connectivity index (χ2n) is 4.65. The van der Waals surface area contributed by atoms with E-state index in [0.717, 1.165) is 0 Å². The average molecular weight is 345 g/mol. The molecule has 0 saturated carbocycles. The maximum atomic E-state index is 11.8. The Kier molecular flexibility index (Phi) is 5.31. The normalized spacial score (nSPS) is 15.1. The van der Waals surface area contributed by atoms with Gasteiger partial charge < -0.3 is 9.47 Å². The third-order valence-electron chi connectivity index (χ3n) is 2.93. The highest BCUT2D eigenvalue weighted by Crippen LogP contribution is 2.36. The van der Waals surface area contributed by atoms with Crippen LogP contribution in [0, 0.1) is 0 Å². The standard InChI is InChI=1S/C13H14Cl2N4O3/c1-3-21-12(20)8-4-5-9(14)11(10(8)15)22-7-6-13(2)16-18-19-17-13/h4-5H,3,6-7H2,1-2H3. The molecule has 1 aliphatic heterocycles. The molecule has 0 N–H and O–H groups in total. The molecule has 0 spiro atoms. The van der Waals surface area contributed by atoms with Gasteiger partial charge in [0.2, 0.25) is 0 Å². The van der Waals surface area contributed by atoms with Gasteiger partial charge in [0.05, 0.1) is 28.8 Å². The Bertz CT molecular complexity index is 622. The van der Waals surface area contributed by atoms with Crippen molar-refractivity contribution >= 4 is 29.2 Å². The van der Waals surface area contributed by atoms with Crippen LogP contribution < -0.4 is 4.74 Å². The summed E-state index contributed by atoms with van der Waals surface area (Å²) < 4.78 is 10.5. The highest BCUT2D eigenvalue weighted by molar-refractivity contribution is 6.39. The summed E-state index contributed by atoms with van der Waals surface area (Å²) in [6.07, 6.45) is 0.441. The van der Waals surface area contributed by atoms with Gasteiger partial charge in [0.15, 0.2) is 11.4 Å². The fraction of sp³-hybridized carbons (Fsp3) is 0.462. The summed E-state index contributed by atoms with van der Waals surface area (Å²) in [5.41, 5.74) is -0.535. The number of rotatable bonds is 6. The number of halogens is 2. The Morgan fingerprint density at radius 3 is 2.59 bits per heavy atom. The third kappa shape index (κ3) is 3.72. The molecular formula is C13H14Cl2N4O3. The van der Waals surface area contributed by atoms with Gasteiger partial charge in [-0.1, -0.05) is 23.2 Å². The monoisotopic (exact) mass is 344 g/mol. The van der Waals surface area contributed by atoms with Crippen molar-refractivity contribution in [2.24, 2.45) is 20.7 Å². The fourth-order valence-electron chi connectivity index (χ4n) is 1.73. The van der Waals surface area contributed by atoms with E-state index in [-0.39, 0.29) is 29.5 Å². The van der Waals surface area contributed by atoms with Crippen LogP contribution in [0.15, 0.2) is 32.8 Å². The Morgan fingerprint density at radius 1 is 1.27 bits per heavy atom. The van der Waals surface area contributed by atoms with Crippen LogP contribution in [0.2, 0.25) is 10.0 Å². The van der Waals surface area contributed by atoms with Crippen LogP contribution in [0.5, 0.6) is 5.75 Å². The number of carbonyl (C=O) groups is 1. The molecule has 0 saturated heterocycles. The lowest BCUT2D eigenvalue weighted by Crippen LogP contribution is -2.20. The van der Waals surface area contributed by atoms with Crippen molar-refractivity contribution in [3.63, 3.8) is 0 Å². The quantitative estimate of drug-likeness (QED) is 0.712. The van der Waals surface area contributed by atoms with Crippen molar-refractivity contribution < 1.29 is 14.3 Å². The molecule has 0 bridgehead atoms. The van der Waals surface area contributed by atoms with E-state index in [9.17, 15) is 4.79 Å². The van der Waals surface area contributed by atoms with Gasteiger partial charge in [-0.25, -0.2) is 4.79 Å². The van der Waals surface area contributed by atoms with E-state index < -0.39 is 11.6 Å². The number of benzene rings is 1. The molecule has 0 aliphatic carbocycles. The second kappa shape index (κ2) is 7.02. The number of esters is 1. The van der Waals surface area contributed by atoms with E-state index in [0.29, 0.717) is 11.4 Å². The van der Waals surface area contributed by atoms with Crippen molar-refractivity contribution in [2.75, 3.05) is 13.2 Å². The number of ether oxygens (including phenoxy) is 2. The van der Waals surface area contributed by atoms with E-state index in [1.165, 1.54) is 12.1 Å². The molecule has 0 amide bonds. The minimum Gasteiger partial charge on any atom is -0.490 e. The summed E-state index contributed by atoms with van der Waals surface area (Å²) in [7, 11) is 0. The van der Waals surface area contributed by atoms with E-state index >= 15 is 0 Å². The molecule has 118 valence electrons. The highest BCUT2D eigenvalue weighted by Gasteiger charge is 2.27. The van der Waals surface area contributed by atoms with Gasteiger partial charge in [-0.2, -0.15) is 0 Å². The van der Waals surface area contributed by atoms with Crippen molar-refractivity contribution in [1.29, 1.82) is 0 Å². The topological polar surface area (TPSA) is 85.0 Å². The van der Waals surface area contributed by atoms with Gasteiger partial charge in [-0.05, 0) is 36.4 Å². The highest BCUT2D eigenvalue weighted by atomic mass is 35.5. The number of carbonyl (C=O) groups excluding carboxylic acids is 1. The second-order valence-corrected chi connectivity index (χ2v) is 5.44. The molecule has 7 nitrogen and oxygen atoms in total. The van der Waals surface area contributed by atoms with Gasteiger partial charge in [0.25, 0.3) is 0 Å². The molecule has 22 heavy (non-hydrogen) atoms. The van der Waals surface area contributed by atoms with E-state index in [4.69, 9.17) is 32.7 Å². The van der Waals surface area contributed by atoms with Crippen molar-refractivity contribution in [3.8, 4) is 5.75 Å². The molecule has 9 heteroatoms. The summed E-state index contributed by atoms with van der Waals surface area (Å²) in [5, 5.41) is 15.1. The van der Waals surface area contributed by atoms with Crippen molar-refractivity contribution in [3.05, 3.63) is 27.7 Å².